The number of carbonyl (C=O) groups excluding carboxylic acids is 6. The molecule has 3 aliphatic rings. The number of ketones is 5. The van der Waals surface area contributed by atoms with Gasteiger partial charge in [0.05, 0.1) is 30.7 Å². The van der Waals surface area contributed by atoms with E-state index in [1.807, 2.05) is 0 Å². The number of aromatic hydroxyl groups is 1. The van der Waals surface area contributed by atoms with Gasteiger partial charge in [-0.3, -0.25) is 38.6 Å². The van der Waals surface area contributed by atoms with Crippen LogP contribution in [0, 0.1) is 23.7 Å². The van der Waals surface area contributed by atoms with Gasteiger partial charge in [0.15, 0.2) is 40.4 Å². The van der Waals surface area contributed by atoms with Crippen LogP contribution in [0.15, 0.2) is 12.1 Å². The van der Waals surface area contributed by atoms with E-state index in [1.54, 1.807) is 19.1 Å². The van der Waals surface area contributed by atoms with Crippen LogP contribution >= 0.6 is 0 Å². The second kappa shape index (κ2) is 10.3. The van der Waals surface area contributed by atoms with Crippen molar-refractivity contribution < 1.29 is 43.7 Å². The Morgan fingerprint density at radius 2 is 1.79 bits per heavy atom. The molecular formula is C27H33N3O9. The molecule has 4 rings (SSSR count). The van der Waals surface area contributed by atoms with Crippen molar-refractivity contribution in [2.24, 2.45) is 29.4 Å². The van der Waals surface area contributed by atoms with Gasteiger partial charge in [-0.25, -0.2) is 0 Å². The summed E-state index contributed by atoms with van der Waals surface area (Å²) in [5.41, 5.74) is 2.84. The van der Waals surface area contributed by atoms with Gasteiger partial charge in [0.2, 0.25) is 5.91 Å². The molecule has 1 aromatic carbocycles. The number of aliphatic hydroxyl groups is 1. The van der Waals surface area contributed by atoms with Gasteiger partial charge >= 0.3 is 0 Å². The Kier molecular flexibility index (Phi) is 7.60. The molecule has 1 aromatic rings. The maximum Gasteiger partial charge on any atom is 0.235 e. The minimum absolute atomic E-state index is 0.0182. The number of benzene rings is 1. The lowest BCUT2D eigenvalue weighted by molar-refractivity contribution is -0.181. The molecule has 0 aliphatic heterocycles. The first kappa shape index (κ1) is 28.7. The van der Waals surface area contributed by atoms with E-state index in [9.17, 15) is 39.0 Å². The van der Waals surface area contributed by atoms with Crippen LogP contribution < -0.4 is 5.73 Å². The maximum atomic E-state index is 13.8. The lowest BCUT2D eigenvalue weighted by atomic mass is 9.52. The van der Waals surface area contributed by atoms with Crippen molar-refractivity contribution >= 4 is 34.8 Å². The van der Waals surface area contributed by atoms with Gasteiger partial charge in [0.25, 0.3) is 0 Å². The number of fused-ring (bicyclic) bond motifs is 3. The van der Waals surface area contributed by atoms with Gasteiger partial charge in [-0.2, -0.15) is 0 Å². The molecule has 39 heavy (non-hydrogen) atoms. The number of nitrogens with two attached hydrogens (primary N) is 1. The fourth-order valence-electron chi connectivity index (χ4n) is 6.52. The molecule has 0 radical (unpaired) electrons. The molecule has 2 saturated carbocycles. The predicted molar refractivity (Wildman–Crippen MR) is 135 cm³/mol. The Hall–Kier alpha value is -3.32. The molecule has 12 heteroatoms. The zero-order valence-electron chi connectivity index (χ0n) is 22.3. The van der Waals surface area contributed by atoms with Gasteiger partial charge < -0.3 is 20.7 Å². The fourth-order valence-corrected chi connectivity index (χ4v) is 6.52. The van der Waals surface area contributed by atoms with E-state index in [0.717, 1.165) is 0 Å². The molecule has 0 saturated heterocycles. The van der Waals surface area contributed by atoms with Gasteiger partial charge in [0.1, 0.15) is 5.75 Å². The number of ether oxygens (including phenoxy) is 1. The Bertz CT molecular complexity index is 1280. The van der Waals surface area contributed by atoms with Crippen LogP contribution in [-0.4, -0.2) is 114 Å². The normalized spacial score (nSPS) is 30.3. The monoisotopic (exact) mass is 543 g/mol. The average molecular weight is 544 g/mol. The number of nitrogens with zero attached hydrogens (tertiary/aromatic N) is 2. The van der Waals surface area contributed by atoms with E-state index in [1.165, 1.54) is 31.1 Å². The topological polar surface area (TPSA) is 185 Å². The molecule has 12 nitrogen and oxygen atoms in total. The summed E-state index contributed by atoms with van der Waals surface area (Å²) in [4.78, 5) is 82.5. The Morgan fingerprint density at radius 1 is 1.13 bits per heavy atom. The van der Waals surface area contributed by atoms with Gasteiger partial charge in [-0.05, 0) is 57.6 Å². The highest BCUT2D eigenvalue weighted by Crippen LogP contribution is 2.51. The second-order valence-corrected chi connectivity index (χ2v) is 10.9. The van der Waals surface area contributed by atoms with Gasteiger partial charge in [-0.15, -0.1) is 0 Å². The Labute approximate surface area is 225 Å². The number of methoxy groups -OCH3 is 1. The van der Waals surface area contributed by atoms with Crippen molar-refractivity contribution in [1.82, 2.24) is 9.80 Å². The third kappa shape index (κ3) is 4.41. The third-order valence-electron chi connectivity index (χ3n) is 8.34. The molecule has 2 fully saturated rings. The smallest absolute Gasteiger partial charge is 0.235 e. The summed E-state index contributed by atoms with van der Waals surface area (Å²) < 4.78 is 5.04. The predicted octanol–water partition coefficient (Wildman–Crippen LogP) is -1.37. The van der Waals surface area contributed by atoms with Crippen molar-refractivity contribution in [2.75, 3.05) is 47.9 Å². The molecule has 0 bridgehead atoms. The van der Waals surface area contributed by atoms with E-state index in [0.29, 0.717) is 13.2 Å². The minimum atomic E-state index is -2.79. The van der Waals surface area contributed by atoms with Crippen LogP contribution in [0.5, 0.6) is 5.75 Å². The molecule has 6 atom stereocenters. The number of rotatable bonds is 8. The Morgan fingerprint density at radius 3 is 2.38 bits per heavy atom. The summed E-state index contributed by atoms with van der Waals surface area (Å²) in [7, 11) is 6.32. The van der Waals surface area contributed by atoms with E-state index in [4.69, 9.17) is 10.5 Å². The van der Waals surface area contributed by atoms with Crippen LogP contribution in [0.1, 0.15) is 32.7 Å². The molecule has 4 N–H and O–H groups in total. The Balaban J connectivity index is 1.78. The highest BCUT2D eigenvalue weighted by molar-refractivity contribution is 6.32. The molecule has 210 valence electrons. The molecule has 0 spiro atoms. The standard InChI is InChI=1S/C27H33N3O9/c1-29(2)21-15-10-12-9-14-13(17(32)11-30(3)7-8-39-4)5-6-16(31)19(14)22(33)18(12)24(35)27(15,38)25(36)20(23(21)34)26(28)37/h5-6,12,15,18,20-21,31,38H,7-11H2,1-4H3,(H2,28,37)/t12-,15-,18?,20?,21-,27-/m0/s1. The summed E-state index contributed by atoms with van der Waals surface area (Å²) in [5, 5.41) is 22.2. The molecule has 3 aliphatic carbocycles. The molecule has 0 aromatic heterocycles. The zero-order valence-corrected chi connectivity index (χ0v) is 22.3. The second-order valence-electron chi connectivity index (χ2n) is 10.9. The average Bonchev–Trinajstić information content (AvgIpc) is 2.84. The first-order chi connectivity index (χ1) is 18.3. The lowest BCUT2D eigenvalue weighted by Gasteiger charge is -2.52. The van der Waals surface area contributed by atoms with Crippen LogP contribution in [0.3, 0.4) is 0 Å². The van der Waals surface area contributed by atoms with Crippen LogP contribution in [0.4, 0.5) is 0 Å². The van der Waals surface area contributed by atoms with Crippen molar-refractivity contribution in [3.63, 3.8) is 0 Å². The number of Topliss-reactive ketones (excluding diaryl/α,β-unsaturated/α-hetero) is 5. The van der Waals surface area contributed by atoms with Crippen LogP contribution in [0.25, 0.3) is 0 Å². The molecule has 2 unspecified atom stereocenters. The van der Waals surface area contributed by atoms with Gasteiger partial charge in [-0.1, -0.05) is 0 Å². The third-order valence-corrected chi connectivity index (χ3v) is 8.34. The number of hydrogen-bond acceptors (Lipinski definition) is 11. The summed E-state index contributed by atoms with van der Waals surface area (Å²) in [6.45, 7) is 0.915. The molecule has 1 amide bonds. The first-order valence-electron chi connectivity index (χ1n) is 12.7. The number of phenolic OH excluding ortho intramolecular Hbond substituents is 1. The zero-order chi connectivity index (χ0) is 29.0. The number of phenols is 1. The molecular weight excluding hydrogens is 510 g/mol. The van der Waals surface area contributed by atoms with E-state index in [-0.39, 0.29) is 41.9 Å². The van der Waals surface area contributed by atoms with E-state index >= 15 is 0 Å². The number of likely N-dealkylation sites (N-methyl/N-ethyl adjacent to an activating group) is 2. The van der Waals surface area contributed by atoms with E-state index < -0.39 is 70.1 Å². The van der Waals surface area contributed by atoms with Crippen molar-refractivity contribution in [1.29, 1.82) is 0 Å². The highest BCUT2D eigenvalue weighted by Gasteiger charge is 2.69. The van der Waals surface area contributed by atoms with Crippen molar-refractivity contribution in [3.8, 4) is 5.75 Å². The van der Waals surface area contributed by atoms with Gasteiger partial charge in [0, 0.05) is 25.1 Å². The SMILES string of the molecule is COCCN(C)CC(=O)c1ccc(O)c2c1C[C@H]1C[C@H]3[C@H](N(C)C)C(=O)C(C(N)=O)C(=O)[C@@]3(O)C(=O)C1C2=O. The van der Waals surface area contributed by atoms with Crippen molar-refractivity contribution in [2.45, 2.75) is 24.5 Å². The summed E-state index contributed by atoms with van der Waals surface area (Å²) in [5.74, 6) is -11.6. The highest BCUT2D eigenvalue weighted by atomic mass is 16.5. The number of amides is 1. The summed E-state index contributed by atoms with van der Waals surface area (Å²) >= 11 is 0. The van der Waals surface area contributed by atoms with Crippen LogP contribution in [0.2, 0.25) is 0 Å². The number of primary amides is 1. The number of carbonyl (C=O) groups is 6. The molecule has 0 heterocycles. The quantitative estimate of drug-likeness (QED) is 0.259. The van der Waals surface area contributed by atoms with Crippen LogP contribution in [-0.2, 0) is 30.3 Å². The summed E-state index contributed by atoms with van der Waals surface area (Å²) in [6.07, 6.45) is -0.0516. The van der Waals surface area contributed by atoms with Crippen molar-refractivity contribution in [3.05, 3.63) is 28.8 Å². The minimum Gasteiger partial charge on any atom is -0.507 e. The van der Waals surface area contributed by atoms with E-state index in [2.05, 4.69) is 0 Å². The largest absolute Gasteiger partial charge is 0.507 e. The fraction of sp³-hybridized carbons (Fsp3) is 0.556. The maximum absolute atomic E-state index is 13.8. The first-order valence-corrected chi connectivity index (χ1v) is 12.7. The lowest BCUT2D eigenvalue weighted by Crippen LogP contribution is -2.74. The summed E-state index contributed by atoms with van der Waals surface area (Å²) in [6, 6.07) is 1.45. The number of hydrogen-bond donors (Lipinski definition) is 3.